The Hall–Kier alpha value is -2.09. The Labute approximate surface area is 177 Å². The maximum atomic E-state index is 12.6. The maximum absolute atomic E-state index is 12.6. The first-order valence-electron chi connectivity index (χ1n) is 9.09. The van der Waals surface area contributed by atoms with Gasteiger partial charge >= 0.3 is 0 Å². The monoisotopic (exact) mass is 424 g/mol. The lowest BCUT2D eigenvalue weighted by Gasteiger charge is -2.36. The van der Waals surface area contributed by atoms with Gasteiger partial charge in [0.05, 0.1) is 5.69 Å². The topological polar surface area (TPSA) is 101 Å². The summed E-state index contributed by atoms with van der Waals surface area (Å²) in [7, 11) is 0. The summed E-state index contributed by atoms with van der Waals surface area (Å²) in [6.07, 6.45) is 1.91. The summed E-state index contributed by atoms with van der Waals surface area (Å²) in [4.78, 5) is 25.4. The van der Waals surface area contributed by atoms with Crippen LogP contribution in [0.25, 0.3) is 0 Å². The van der Waals surface area contributed by atoms with E-state index in [0.29, 0.717) is 25.0 Å². The summed E-state index contributed by atoms with van der Waals surface area (Å²) < 4.78 is 0. The Morgan fingerprint density at radius 2 is 1.64 bits per heavy atom. The second kappa shape index (κ2) is 9.41. The van der Waals surface area contributed by atoms with Crippen molar-refractivity contribution in [3.63, 3.8) is 0 Å². The Balaban J connectivity index is 0.00000140. The van der Waals surface area contributed by atoms with Crippen LogP contribution in [0.1, 0.15) is 34.8 Å². The quantitative estimate of drug-likeness (QED) is 0.781. The Morgan fingerprint density at radius 3 is 2.25 bits per heavy atom. The predicted octanol–water partition coefficient (Wildman–Crippen LogP) is 2.07. The second-order valence-electron chi connectivity index (χ2n) is 7.08. The van der Waals surface area contributed by atoms with Crippen LogP contribution in [0.2, 0.25) is 0 Å². The van der Waals surface area contributed by atoms with Crippen molar-refractivity contribution in [2.24, 2.45) is 5.73 Å². The van der Waals surface area contributed by atoms with Gasteiger partial charge in [-0.1, -0.05) is 18.2 Å². The molecule has 1 aromatic carbocycles. The Morgan fingerprint density at radius 1 is 1.00 bits per heavy atom. The number of carbonyl (C=O) groups is 1. The van der Waals surface area contributed by atoms with E-state index in [0.717, 1.165) is 43.0 Å². The van der Waals surface area contributed by atoms with E-state index in [1.807, 2.05) is 41.3 Å². The molecule has 2 heterocycles. The molecule has 0 unspecified atom stereocenters. The average molecular weight is 425 g/mol. The van der Waals surface area contributed by atoms with E-state index in [9.17, 15) is 4.79 Å². The highest BCUT2D eigenvalue weighted by atomic mass is 35.5. The number of piperazine rings is 1. The van der Waals surface area contributed by atoms with Crippen molar-refractivity contribution in [3.8, 4) is 0 Å². The third kappa shape index (κ3) is 4.66. The van der Waals surface area contributed by atoms with E-state index in [-0.39, 0.29) is 36.8 Å². The van der Waals surface area contributed by atoms with E-state index in [2.05, 4.69) is 14.9 Å². The Bertz CT molecular complexity index is 792. The third-order valence-electron chi connectivity index (χ3n) is 5.25. The van der Waals surface area contributed by atoms with Gasteiger partial charge in [-0.25, -0.2) is 4.98 Å². The summed E-state index contributed by atoms with van der Waals surface area (Å²) in [5.41, 5.74) is 13.5. The number of hydrogen-bond acceptors (Lipinski definition) is 6. The fourth-order valence-corrected chi connectivity index (χ4v) is 3.65. The third-order valence-corrected chi connectivity index (χ3v) is 5.25. The van der Waals surface area contributed by atoms with Crippen LogP contribution in [0.4, 0.5) is 11.8 Å². The molecule has 0 bridgehead atoms. The smallest absolute Gasteiger partial charge is 0.253 e. The molecule has 1 amide bonds. The second-order valence-corrected chi connectivity index (χ2v) is 7.08. The number of amides is 1. The molecular weight excluding hydrogens is 399 g/mol. The average Bonchev–Trinajstić information content (AvgIpc) is 2.65. The molecular formula is C19H26Cl2N6O. The molecule has 9 heteroatoms. The molecule has 28 heavy (non-hydrogen) atoms. The predicted molar refractivity (Wildman–Crippen MR) is 115 cm³/mol. The van der Waals surface area contributed by atoms with Crippen LogP contribution >= 0.6 is 24.8 Å². The summed E-state index contributed by atoms with van der Waals surface area (Å²) in [6.45, 7) is 2.81. The fourth-order valence-electron chi connectivity index (χ4n) is 3.65. The molecule has 2 aliphatic rings. The first kappa shape index (κ1) is 22.2. The number of nitrogen functional groups attached to an aromatic ring is 1. The van der Waals surface area contributed by atoms with Gasteiger partial charge in [-0.2, -0.15) is 4.98 Å². The van der Waals surface area contributed by atoms with Crippen LogP contribution < -0.4 is 16.4 Å². The van der Waals surface area contributed by atoms with Crippen LogP contribution in [-0.2, 0) is 0 Å². The zero-order chi connectivity index (χ0) is 18.1. The molecule has 0 radical (unpaired) electrons. The zero-order valence-electron chi connectivity index (χ0n) is 15.5. The van der Waals surface area contributed by atoms with Crippen molar-refractivity contribution >= 4 is 42.5 Å². The number of carbonyl (C=O) groups excluding carboxylic acids is 1. The normalized spacial score (nSPS) is 21.2. The molecule has 4 N–H and O–H groups in total. The van der Waals surface area contributed by atoms with E-state index < -0.39 is 0 Å². The first-order chi connectivity index (χ1) is 12.6. The molecule has 0 atom stereocenters. The summed E-state index contributed by atoms with van der Waals surface area (Å²) >= 11 is 0. The lowest BCUT2D eigenvalue weighted by Crippen LogP contribution is -2.49. The largest absolute Gasteiger partial charge is 0.368 e. The lowest BCUT2D eigenvalue weighted by molar-refractivity contribution is 0.0746. The number of nitrogens with two attached hydrogens (primary N) is 2. The van der Waals surface area contributed by atoms with Gasteiger partial charge in [0.15, 0.2) is 0 Å². The highest BCUT2D eigenvalue weighted by Crippen LogP contribution is 2.36. The maximum Gasteiger partial charge on any atom is 0.253 e. The molecule has 1 aromatic heterocycles. The van der Waals surface area contributed by atoms with Gasteiger partial charge < -0.3 is 21.3 Å². The van der Waals surface area contributed by atoms with E-state index in [1.54, 1.807) is 0 Å². The van der Waals surface area contributed by atoms with Crippen molar-refractivity contribution in [2.45, 2.75) is 24.8 Å². The lowest BCUT2D eigenvalue weighted by atomic mass is 9.78. The van der Waals surface area contributed by atoms with Gasteiger partial charge in [-0.15, -0.1) is 24.8 Å². The molecule has 1 aliphatic heterocycles. The van der Waals surface area contributed by atoms with Gasteiger partial charge in [-0.05, 0) is 25.0 Å². The molecule has 4 rings (SSSR count). The minimum absolute atomic E-state index is 0. The molecule has 0 spiro atoms. The number of anilines is 2. The first-order valence-corrected chi connectivity index (χ1v) is 9.09. The number of aromatic nitrogens is 2. The van der Waals surface area contributed by atoms with Crippen molar-refractivity contribution in [3.05, 3.63) is 47.7 Å². The summed E-state index contributed by atoms with van der Waals surface area (Å²) in [6, 6.07) is 11.7. The SMILES string of the molecule is Cl.Cl.Nc1nc(C2CC(N)C2)cc(N2CCN(C(=O)c3ccccc3)CC2)n1. The Kier molecular flexibility index (Phi) is 7.46. The molecule has 152 valence electrons. The minimum Gasteiger partial charge on any atom is -0.368 e. The van der Waals surface area contributed by atoms with Gasteiger partial charge in [0.25, 0.3) is 5.91 Å². The molecule has 1 saturated heterocycles. The van der Waals surface area contributed by atoms with Crippen LogP contribution in [0.5, 0.6) is 0 Å². The van der Waals surface area contributed by atoms with Gasteiger partial charge in [-0.3, -0.25) is 4.79 Å². The standard InChI is InChI=1S/C19H24N6O.2ClH/c20-15-10-14(11-15)16-12-17(23-19(21)22-16)24-6-8-25(9-7-24)18(26)13-4-2-1-3-5-13;;/h1-5,12,14-15H,6-11,20H2,(H2,21,22,23);2*1H. The van der Waals surface area contributed by atoms with E-state index >= 15 is 0 Å². The van der Waals surface area contributed by atoms with Crippen molar-refractivity contribution < 1.29 is 4.79 Å². The van der Waals surface area contributed by atoms with Crippen LogP contribution in [0.3, 0.4) is 0 Å². The highest BCUT2D eigenvalue weighted by molar-refractivity contribution is 5.94. The number of rotatable bonds is 3. The summed E-state index contributed by atoms with van der Waals surface area (Å²) in [5, 5.41) is 0. The van der Waals surface area contributed by atoms with E-state index in [1.165, 1.54) is 0 Å². The van der Waals surface area contributed by atoms with Crippen LogP contribution in [0.15, 0.2) is 36.4 Å². The number of halogens is 2. The fraction of sp³-hybridized carbons (Fsp3) is 0.421. The van der Waals surface area contributed by atoms with Gasteiger partial charge in [0.2, 0.25) is 5.95 Å². The molecule has 1 aliphatic carbocycles. The van der Waals surface area contributed by atoms with Gasteiger partial charge in [0.1, 0.15) is 5.82 Å². The number of benzene rings is 1. The molecule has 2 fully saturated rings. The van der Waals surface area contributed by atoms with Crippen molar-refractivity contribution in [2.75, 3.05) is 36.8 Å². The van der Waals surface area contributed by atoms with Crippen molar-refractivity contribution in [1.29, 1.82) is 0 Å². The summed E-state index contributed by atoms with van der Waals surface area (Å²) in [5.74, 6) is 1.62. The minimum atomic E-state index is 0. The van der Waals surface area contributed by atoms with Crippen LogP contribution in [0, 0.1) is 0 Å². The highest BCUT2D eigenvalue weighted by Gasteiger charge is 2.30. The van der Waals surface area contributed by atoms with Gasteiger partial charge in [0, 0.05) is 49.8 Å². The molecule has 7 nitrogen and oxygen atoms in total. The van der Waals surface area contributed by atoms with E-state index in [4.69, 9.17) is 11.5 Å². The van der Waals surface area contributed by atoms with Crippen molar-refractivity contribution in [1.82, 2.24) is 14.9 Å². The number of nitrogens with zero attached hydrogens (tertiary/aromatic N) is 4. The molecule has 1 saturated carbocycles. The molecule has 2 aromatic rings. The zero-order valence-corrected chi connectivity index (χ0v) is 17.2. The number of hydrogen-bond donors (Lipinski definition) is 2. The van der Waals surface area contributed by atoms with Crippen LogP contribution in [-0.4, -0.2) is 53.0 Å².